The number of carbonyl (C=O) groups excluding carboxylic acids is 1. The van der Waals surface area contributed by atoms with Gasteiger partial charge >= 0.3 is 5.97 Å². The van der Waals surface area contributed by atoms with Crippen molar-refractivity contribution in [2.24, 2.45) is 0 Å². The van der Waals surface area contributed by atoms with Crippen LogP contribution in [0.2, 0.25) is 0 Å². The van der Waals surface area contributed by atoms with Gasteiger partial charge in [-0.1, -0.05) is 30.3 Å². The molecule has 0 amide bonds. The molecule has 0 aliphatic carbocycles. The molecule has 1 aliphatic rings. The van der Waals surface area contributed by atoms with Crippen LogP contribution in [-0.2, 0) is 25.6 Å². The molecule has 4 nitrogen and oxygen atoms in total. The van der Waals surface area contributed by atoms with Crippen LogP contribution in [0, 0.1) is 0 Å². The van der Waals surface area contributed by atoms with Gasteiger partial charge in [-0.2, -0.15) is 0 Å². The molecule has 104 valence electrons. The largest absolute Gasteiger partial charge is 0.459 e. The Balaban J connectivity index is 1.97. The van der Waals surface area contributed by atoms with E-state index in [1.54, 1.807) is 13.8 Å². The smallest absolute Gasteiger partial charge is 0.338 e. The van der Waals surface area contributed by atoms with Crippen LogP contribution >= 0.6 is 0 Å². The minimum atomic E-state index is -0.764. The van der Waals surface area contributed by atoms with E-state index in [2.05, 4.69) is 0 Å². The molecule has 1 aromatic rings. The van der Waals surface area contributed by atoms with E-state index in [0.717, 1.165) is 5.56 Å². The maximum absolute atomic E-state index is 12.1. The second-order valence-electron chi connectivity index (χ2n) is 5.70. The highest BCUT2D eigenvalue weighted by molar-refractivity contribution is 5.76. The van der Waals surface area contributed by atoms with E-state index in [1.165, 1.54) is 0 Å². The van der Waals surface area contributed by atoms with Crippen molar-refractivity contribution >= 4 is 5.97 Å². The molecule has 1 fully saturated rings. The van der Waals surface area contributed by atoms with E-state index in [1.807, 2.05) is 44.2 Å². The Labute approximate surface area is 113 Å². The van der Waals surface area contributed by atoms with Crippen molar-refractivity contribution in [3.63, 3.8) is 0 Å². The van der Waals surface area contributed by atoms with Gasteiger partial charge in [0, 0.05) is 0 Å². The fraction of sp³-hybridized carbons (Fsp3) is 0.533. The third-order valence-electron chi connectivity index (χ3n) is 2.98. The number of benzene rings is 1. The summed E-state index contributed by atoms with van der Waals surface area (Å²) in [6.45, 7) is 7.49. The average Bonchev–Trinajstić information content (AvgIpc) is 2.56. The van der Waals surface area contributed by atoms with Crippen molar-refractivity contribution in [2.45, 2.75) is 51.8 Å². The Morgan fingerprint density at radius 3 is 2.37 bits per heavy atom. The zero-order chi connectivity index (χ0) is 14.1. The van der Waals surface area contributed by atoms with Crippen LogP contribution in [0.3, 0.4) is 0 Å². The van der Waals surface area contributed by atoms with Gasteiger partial charge in [0.15, 0.2) is 11.9 Å². The molecule has 1 heterocycles. The summed E-state index contributed by atoms with van der Waals surface area (Å²) in [7, 11) is 0. The second-order valence-corrected chi connectivity index (χ2v) is 5.70. The molecule has 0 spiro atoms. The van der Waals surface area contributed by atoms with Crippen molar-refractivity contribution in [1.29, 1.82) is 0 Å². The maximum Gasteiger partial charge on any atom is 0.338 e. The van der Waals surface area contributed by atoms with Crippen LogP contribution in [0.4, 0.5) is 0 Å². The van der Waals surface area contributed by atoms with Crippen LogP contribution in [-0.4, -0.2) is 23.5 Å². The molecule has 0 bridgehead atoms. The van der Waals surface area contributed by atoms with Crippen molar-refractivity contribution in [3.05, 3.63) is 35.9 Å². The Hall–Kier alpha value is -1.39. The molecule has 2 rings (SSSR count). The molecule has 0 aromatic heterocycles. The van der Waals surface area contributed by atoms with Gasteiger partial charge in [-0.05, 0) is 33.3 Å². The summed E-state index contributed by atoms with van der Waals surface area (Å²) in [4.78, 5) is 12.1. The zero-order valence-corrected chi connectivity index (χ0v) is 11.8. The summed E-state index contributed by atoms with van der Waals surface area (Å²) in [5, 5.41) is 0. The SMILES string of the molecule is CC1(C)O[C@@H](C(=O)OCc2ccccc2)C(C)(C)O1. The molecule has 1 atom stereocenters. The first kappa shape index (κ1) is 14.0. The monoisotopic (exact) mass is 264 g/mol. The number of carbonyl (C=O) groups is 1. The van der Waals surface area contributed by atoms with E-state index in [9.17, 15) is 4.79 Å². The molecular weight excluding hydrogens is 244 g/mol. The van der Waals surface area contributed by atoms with Crippen LogP contribution < -0.4 is 0 Å². The molecule has 0 unspecified atom stereocenters. The molecule has 1 aromatic carbocycles. The van der Waals surface area contributed by atoms with Gasteiger partial charge in [-0.15, -0.1) is 0 Å². The van der Waals surface area contributed by atoms with Crippen molar-refractivity contribution in [3.8, 4) is 0 Å². The quantitative estimate of drug-likeness (QED) is 0.787. The number of rotatable bonds is 3. The summed E-state index contributed by atoms with van der Waals surface area (Å²) < 4.78 is 16.6. The molecule has 1 saturated heterocycles. The van der Waals surface area contributed by atoms with Gasteiger partial charge in [0.1, 0.15) is 12.2 Å². The van der Waals surface area contributed by atoms with Gasteiger partial charge in [0.25, 0.3) is 0 Å². The number of hydrogen-bond acceptors (Lipinski definition) is 4. The first-order valence-electron chi connectivity index (χ1n) is 6.39. The predicted molar refractivity (Wildman–Crippen MR) is 70.4 cm³/mol. The predicted octanol–water partition coefficient (Wildman–Crippen LogP) is 2.66. The van der Waals surface area contributed by atoms with Gasteiger partial charge < -0.3 is 14.2 Å². The lowest BCUT2D eigenvalue weighted by Crippen LogP contribution is -2.40. The third kappa shape index (κ3) is 3.33. The lowest BCUT2D eigenvalue weighted by atomic mass is 10.0. The van der Waals surface area contributed by atoms with Crippen LogP contribution in [0.1, 0.15) is 33.3 Å². The van der Waals surface area contributed by atoms with Crippen molar-refractivity contribution in [2.75, 3.05) is 0 Å². The van der Waals surface area contributed by atoms with E-state index in [-0.39, 0.29) is 12.6 Å². The summed E-state index contributed by atoms with van der Waals surface area (Å²) in [5.74, 6) is -1.15. The number of hydrogen-bond donors (Lipinski definition) is 0. The van der Waals surface area contributed by atoms with Crippen LogP contribution in [0.5, 0.6) is 0 Å². The Morgan fingerprint density at radius 1 is 1.21 bits per heavy atom. The summed E-state index contributed by atoms with van der Waals surface area (Å²) >= 11 is 0. The Morgan fingerprint density at radius 2 is 1.84 bits per heavy atom. The van der Waals surface area contributed by atoms with Crippen molar-refractivity contribution in [1.82, 2.24) is 0 Å². The molecule has 4 heteroatoms. The number of ether oxygens (including phenoxy) is 3. The Kier molecular flexibility index (Phi) is 3.65. The minimum absolute atomic E-state index is 0.246. The van der Waals surface area contributed by atoms with E-state index < -0.39 is 17.5 Å². The highest BCUT2D eigenvalue weighted by Crippen LogP contribution is 2.36. The molecule has 0 N–H and O–H groups in total. The van der Waals surface area contributed by atoms with Crippen LogP contribution in [0.25, 0.3) is 0 Å². The van der Waals surface area contributed by atoms with Gasteiger partial charge in [0.05, 0.1) is 0 Å². The topological polar surface area (TPSA) is 44.8 Å². The van der Waals surface area contributed by atoms with Gasteiger partial charge in [0.2, 0.25) is 0 Å². The Bertz CT molecular complexity index is 450. The van der Waals surface area contributed by atoms with E-state index >= 15 is 0 Å². The molecule has 0 saturated carbocycles. The molecule has 19 heavy (non-hydrogen) atoms. The van der Waals surface area contributed by atoms with Gasteiger partial charge in [-0.3, -0.25) is 0 Å². The summed E-state index contributed by atoms with van der Waals surface area (Å²) in [6, 6.07) is 9.56. The van der Waals surface area contributed by atoms with E-state index in [4.69, 9.17) is 14.2 Å². The minimum Gasteiger partial charge on any atom is -0.459 e. The highest BCUT2D eigenvalue weighted by atomic mass is 16.8. The first-order chi connectivity index (χ1) is 8.80. The molecular formula is C15H20O4. The molecule has 0 radical (unpaired) electrons. The lowest BCUT2D eigenvalue weighted by molar-refractivity contribution is -0.172. The standard InChI is InChI=1S/C15H20O4/c1-14(2)12(18-15(3,4)19-14)13(16)17-10-11-8-6-5-7-9-11/h5-9,12H,10H2,1-4H3/t12-/m0/s1. The van der Waals surface area contributed by atoms with E-state index in [0.29, 0.717) is 0 Å². The number of esters is 1. The van der Waals surface area contributed by atoms with Crippen LogP contribution in [0.15, 0.2) is 30.3 Å². The summed E-state index contributed by atoms with van der Waals surface area (Å²) in [6.07, 6.45) is -0.703. The third-order valence-corrected chi connectivity index (χ3v) is 2.98. The first-order valence-corrected chi connectivity index (χ1v) is 6.39. The highest BCUT2D eigenvalue weighted by Gasteiger charge is 2.51. The molecule has 1 aliphatic heterocycles. The normalized spacial score (nSPS) is 24.1. The fourth-order valence-electron chi connectivity index (χ4n) is 2.27. The lowest BCUT2D eigenvalue weighted by Gasteiger charge is -2.22. The van der Waals surface area contributed by atoms with Gasteiger partial charge in [-0.25, -0.2) is 4.79 Å². The fourth-order valence-corrected chi connectivity index (χ4v) is 2.27. The second kappa shape index (κ2) is 4.94. The maximum atomic E-state index is 12.1. The average molecular weight is 264 g/mol. The van der Waals surface area contributed by atoms with Crippen molar-refractivity contribution < 1.29 is 19.0 Å². The summed E-state index contributed by atoms with van der Waals surface area (Å²) in [5.41, 5.74) is 0.268. The zero-order valence-electron chi connectivity index (χ0n) is 11.8.